The van der Waals surface area contributed by atoms with Crippen LogP contribution in [0.25, 0.3) is 0 Å². The van der Waals surface area contributed by atoms with E-state index in [0.29, 0.717) is 6.04 Å². The molecule has 0 spiro atoms. The average molecular weight is 324 g/mol. The highest BCUT2D eigenvalue weighted by Crippen LogP contribution is 2.24. The van der Waals surface area contributed by atoms with Crippen molar-refractivity contribution in [3.8, 4) is 0 Å². The molecule has 1 aliphatic heterocycles. The molecule has 1 aromatic carbocycles. The quantitative estimate of drug-likeness (QED) is 0.924. The molecule has 0 bridgehead atoms. The molecule has 0 unspecified atom stereocenters. The van der Waals surface area contributed by atoms with Gasteiger partial charge in [0.05, 0.1) is 0 Å². The van der Waals surface area contributed by atoms with E-state index in [1.54, 1.807) is 0 Å². The Labute approximate surface area is 141 Å². The number of halogens is 1. The molecule has 1 aliphatic carbocycles. The van der Waals surface area contributed by atoms with Gasteiger partial charge in [-0.05, 0) is 37.2 Å². The van der Waals surface area contributed by atoms with Crippen molar-refractivity contribution in [1.82, 2.24) is 9.80 Å². The van der Waals surface area contributed by atoms with Crippen LogP contribution in [0.15, 0.2) is 30.3 Å². The van der Waals surface area contributed by atoms with Gasteiger partial charge in [-0.3, -0.25) is 4.90 Å². The van der Waals surface area contributed by atoms with E-state index in [-0.39, 0.29) is 12.4 Å². The summed E-state index contributed by atoms with van der Waals surface area (Å²) in [6, 6.07) is 11.3. The zero-order chi connectivity index (χ0) is 14.5. The lowest BCUT2D eigenvalue weighted by Gasteiger charge is -2.37. The van der Waals surface area contributed by atoms with Crippen LogP contribution in [0.2, 0.25) is 0 Å². The number of nitrogens with two attached hydrogens (primary N) is 1. The van der Waals surface area contributed by atoms with Crippen LogP contribution in [-0.2, 0) is 6.54 Å². The molecule has 124 valence electrons. The second kappa shape index (κ2) is 8.88. The Balaban J connectivity index is 0.00000176. The molecule has 0 atom stereocenters. The number of piperazine rings is 1. The molecule has 1 aromatic rings. The summed E-state index contributed by atoms with van der Waals surface area (Å²) in [5.74, 6) is 0.894. The molecule has 4 heteroatoms. The highest BCUT2D eigenvalue weighted by molar-refractivity contribution is 5.85. The third-order valence-electron chi connectivity index (χ3n) is 5.12. The van der Waals surface area contributed by atoms with Crippen LogP contribution in [-0.4, -0.2) is 48.6 Å². The number of hydrogen-bond acceptors (Lipinski definition) is 3. The third-order valence-corrected chi connectivity index (χ3v) is 5.12. The summed E-state index contributed by atoms with van der Waals surface area (Å²) >= 11 is 0. The van der Waals surface area contributed by atoms with Gasteiger partial charge in [0.25, 0.3) is 0 Å². The zero-order valence-electron chi connectivity index (χ0n) is 13.5. The monoisotopic (exact) mass is 323 g/mol. The molecule has 2 aliphatic rings. The normalized spacial score (nSPS) is 27.3. The number of rotatable bonds is 4. The molecular weight excluding hydrogens is 294 g/mol. The van der Waals surface area contributed by atoms with Crippen molar-refractivity contribution in [2.75, 3.05) is 32.7 Å². The highest BCUT2D eigenvalue weighted by atomic mass is 35.5. The fourth-order valence-electron chi connectivity index (χ4n) is 3.71. The van der Waals surface area contributed by atoms with E-state index < -0.39 is 0 Å². The molecule has 1 saturated carbocycles. The molecule has 3 nitrogen and oxygen atoms in total. The largest absolute Gasteiger partial charge is 0.328 e. The zero-order valence-corrected chi connectivity index (χ0v) is 14.3. The molecule has 0 radical (unpaired) electrons. The predicted molar refractivity (Wildman–Crippen MR) is 95.3 cm³/mol. The topological polar surface area (TPSA) is 32.5 Å². The minimum Gasteiger partial charge on any atom is -0.328 e. The first-order valence-corrected chi connectivity index (χ1v) is 8.54. The van der Waals surface area contributed by atoms with Gasteiger partial charge in [0.15, 0.2) is 0 Å². The maximum atomic E-state index is 6.00. The van der Waals surface area contributed by atoms with Crippen LogP contribution in [0.3, 0.4) is 0 Å². The highest BCUT2D eigenvalue weighted by Gasteiger charge is 2.23. The predicted octanol–water partition coefficient (Wildman–Crippen LogP) is 2.74. The van der Waals surface area contributed by atoms with Crippen LogP contribution in [0.4, 0.5) is 0 Å². The van der Waals surface area contributed by atoms with Gasteiger partial charge in [-0.15, -0.1) is 12.4 Å². The van der Waals surface area contributed by atoms with E-state index in [0.717, 1.165) is 12.5 Å². The first-order chi connectivity index (χ1) is 10.3. The van der Waals surface area contributed by atoms with Crippen LogP contribution in [0, 0.1) is 5.92 Å². The Morgan fingerprint density at radius 2 is 1.45 bits per heavy atom. The average Bonchev–Trinajstić information content (AvgIpc) is 2.53. The smallest absolute Gasteiger partial charge is 0.0234 e. The summed E-state index contributed by atoms with van der Waals surface area (Å²) in [4.78, 5) is 5.26. The van der Waals surface area contributed by atoms with Gasteiger partial charge < -0.3 is 10.6 Å². The Kier molecular flexibility index (Phi) is 7.16. The second-order valence-corrected chi connectivity index (χ2v) is 6.84. The van der Waals surface area contributed by atoms with Crippen molar-refractivity contribution in [2.24, 2.45) is 11.7 Å². The fourth-order valence-corrected chi connectivity index (χ4v) is 3.71. The summed E-state index contributed by atoms with van der Waals surface area (Å²) in [6.45, 7) is 7.28. The summed E-state index contributed by atoms with van der Waals surface area (Å²) in [5.41, 5.74) is 7.44. The van der Waals surface area contributed by atoms with Crippen LogP contribution >= 0.6 is 12.4 Å². The van der Waals surface area contributed by atoms with Gasteiger partial charge in [0.2, 0.25) is 0 Å². The molecule has 22 heavy (non-hydrogen) atoms. The first kappa shape index (κ1) is 17.7. The summed E-state index contributed by atoms with van der Waals surface area (Å²) in [5, 5.41) is 0. The molecule has 1 heterocycles. The first-order valence-electron chi connectivity index (χ1n) is 8.54. The Hall–Kier alpha value is -0.610. The van der Waals surface area contributed by atoms with E-state index in [4.69, 9.17) is 5.73 Å². The van der Waals surface area contributed by atoms with Gasteiger partial charge in [0.1, 0.15) is 0 Å². The van der Waals surface area contributed by atoms with E-state index in [1.165, 1.54) is 64.0 Å². The van der Waals surface area contributed by atoms with Gasteiger partial charge in [0, 0.05) is 45.3 Å². The van der Waals surface area contributed by atoms with Gasteiger partial charge in [-0.25, -0.2) is 0 Å². The summed E-state index contributed by atoms with van der Waals surface area (Å²) in [6.07, 6.45) is 5.15. The molecular formula is C18H30ClN3. The van der Waals surface area contributed by atoms with Crippen LogP contribution < -0.4 is 5.73 Å². The standard InChI is InChI=1S/C18H29N3.ClH/c19-18-8-6-17(7-9-18)15-21-12-10-20(11-13-21)14-16-4-2-1-3-5-16;/h1-5,17-18H,6-15,19H2;1H. The van der Waals surface area contributed by atoms with E-state index in [9.17, 15) is 0 Å². The van der Waals surface area contributed by atoms with Gasteiger partial charge >= 0.3 is 0 Å². The lowest BCUT2D eigenvalue weighted by molar-refractivity contribution is 0.104. The van der Waals surface area contributed by atoms with Crippen LogP contribution in [0.5, 0.6) is 0 Å². The third kappa shape index (κ3) is 5.24. The van der Waals surface area contributed by atoms with E-state index in [1.807, 2.05) is 0 Å². The fraction of sp³-hybridized carbons (Fsp3) is 0.667. The van der Waals surface area contributed by atoms with E-state index >= 15 is 0 Å². The Morgan fingerprint density at radius 1 is 0.864 bits per heavy atom. The molecule has 3 rings (SSSR count). The number of hydrogen-bond donors (Lipinski definition) is 1. The lowest BCUT2D eigenvalue weighted by atomic mass is 9.86. The number of benzene rings is 1. The molecule has 1 saturated heterocycles. The minimum absolute atomic E-state index is 0. The Bertz CT molecular complexity index is 410. The van der Waals surface area contributed by atoms with Crippen molar-refractivity contribution in [2.45, 2.75) is 38.3 Å². The molecule has 2 fully saturated rings. The lowest BCUT2D eigenvalue weighted by Crippen LogP contribution is -2.47. The van der Waals surface area contributed by atoms with Gasteiger partial charge in [-0.1, -0.05) is 30.3 Å². The summed E-state index contributed by atoms with van der Waals surface area (Å²) in [7, 11) is 0. The van der Waals surface area contributed by atoms with E-state index in [2.05, 4.69) is 40.1 Å². The minimum atomic E-state index is 0. The maximum Gasteiger partial charge on any atom is 0.0234 e. The van der Waals surface area contributed by atoms with Crippen molar-refractivity contribution in [3.63, 3.8) is 0 Å². The second-order valence-electron chi connectivity index (χ2n) is 6.84. The van der Waals surface area contributed by atoms with Crippen molar-refractivity contribution in [3.05, 3.63) is 35.9 Å². The summed E-state index contributed by atoms with van der Waals surface area (Å²) < 4.78 is 0. The Morgan fingerprint density at radius 3 is 2.09 bits per heavy atom. The van der Waals surface area contributed by atoms with Crippen LogP contribution in [0.1, 0.15) is 31.2 Å². The van der Waals surface area contributed by atoms with Crippen molar-refractivity contribution in [1.29, 1.82) is 0 Å². The SMILES string of the molecule is Cl.NC1CCC(CN2CCN(Cc3ccccc3)CC2)CC1. The molecule has 0 amide bonds. The van der Waals surface area contributed by atoms with Crippen molar-refractivity contribution >= 4 is 12.4 Å². The van der Waals surface area contributed by atoms with Crippen molar-refractivity contribution < 1.29 is 0 Å². The molecule has 2 N–H and O–H groups in total. The maximum absolute atomic E-state index is 6.00. The number of nitrogens with zero attached hydrogens (tertiary/aromatic N) is 2. The van der Waals surface area contributed by atoms with Gasteiger partial charge in [-0.2, -0.15) is 0 Å². The molecule has 0 aromatic heterocycles.